The van der Waals surface area contributed by atoms with Gasteiger partial charge < -0.3 is 5.73 Å². The van der Waals surface area contributed by atoms with Crippen LogP contribution in [0.1, 0.15) is 26.7 Å². The molecule has 1 saturated heterocycles. The van der Waals surface area contributed by atoms with Gasteiger partial charge in [0.15, 0.2) is 0 Å². The van der Waals surface area contributed by atoms with E-state index in [1.165, 1.54) is 19.4 Å². The summed E-state index contributed by atoms with van der Waals surface area (Å²) < 4.78 is 0. The van der Waals surface area contributed by atoms with Gasteiger partial charge in [-0.2, -0.15) is 0 Å². The van der Waals surface area contributed by atoms with Gasteiger partial charge in [-0.15, -0.1) is 0 Å². The van der Waals surface area contributed by atoms with Crippen LogP contribution in [0.4, 0.5) is 0 Å². The van der Waals surface area contributed by atoms with Crippen LogP contribution in [-0.4, -0.2) is 29.6 Å². The van der Waals surface area contributed by atoms with Crippen molar-refractivity contribution in [3.8, 4) is 0 Å². The summed E-state index contributed by atoms with van der Waals surface area (Å²) >= 11 is 0. The fraction of sp³-hybridized carbons (Fsp3) is 1.00. The number of hydrogen-bond acceptors (Lipinski definition) is 2. The number of nitrogens with zero attached hydrogens (tertiary/aromatic N) is 1. The van der Waals surface area contributed by atoms with E-state index in [2.05, 4.69) is 18.7 Å². The van der Waals surface area contributed by atoms with Crippen molar-refractivity contribution < 1.29 is 0 Å². The summed E-state index contributed by atoms with van der Waals surface area (Å²) in [7, 11) is 0. The summed E-state index contributed by atoms with van der Waals surface area (Å²) in [6, 6.07) is 1.88. The first kappa shape index (κ1) is 7.56. The average molecular weight is 154 g/mol. The molecule has 0 aromatic heterocycles. The van der Waals surface area contributed by atoms with E-state index in [-0.39, 0.29) is 0 Å². The highest BCUT2D eigenvalue weighted by Gasteiger charge is 2.45. The van der Waals surface area contributed by atoms with E-state index in [4.69, 9.17) is 5.73 Å². The number of fused-ring (bicyclic) bond motifs is 2. The Morgan fingerprint density at radius 3 is 2.36 bits per heavy atom. The van der Waals surface area contributed by atoms with Crippen LogP contribution in [0.2, 0.25) is 0 Å². The van der Waals surface area contributed by atoms with Crippen molar-refractivity contribution in [3.63, 3.8) is 0 Å². The molecule has 2 fully saturated rings. The molecule has 0 amide bonds. The van der Waals surface area contributed by atoms with Gasteiger partial charge in [0.2, 0.25) is 0 Å². The topological polar surface area (TPSA) is 29.3 Å². The molecule has 1 saturated carbocycles. The molecule has 1 heterocycles. The van der Waals surface area contributed by atoms with Crippen LogP contribution in [0.15, 0.2) is 0 Å². The number of piperidine rings is 1. The second-order valence-corrected chi connectivity index (χ2v) is 4.27. The predicted molar refractivity (Wildman–Crippen MR) is 46.3 cm³/mol. The molecule has 2 aliphatic rings. The van der Waals surface area contributed by atoms with Crippen LogP contribution < -0.4 is 5.73 Å². The van der Waals surface area contributed by atoms with Gasteiger partial charge in [0.25, 0.3) is 0 Å². The van der Waals surface area contributed by atoms with Gasteiger partial charge >= 0.3 is 0 Å². The van der Waals surface area contributed by atoms with Crippen molar-refractivity contribution >= 4 is 0 Å². The summed E-state index contributed by atoms with van der Waals surface area (Å²) in [5, 5.41) is 0. The second kappa shape index (κ2) is 2.46. The molecular weight excluding hydrogens is 136 g/mol. The van der Waals surface area contributed by atoms with Crippen LogP contribution in [0.5, 0.6) is 0 Å². The van der Waals surface area contributed by atoms with Crippen molar-refractivity contribution in [1.29, 1.82) is 0 Å². The third-order valence-corrected chi connectivity index (χ3v) is 3.36. The molecule has 0 spiro atoms. The third-order valence-electron chi connectivity index (χ3n) is 3.36. The zero-order valence-electron chi connectivity index (χ0n) is 7.46. The molecule has 64 valence electrons. The molecule has 2 nitrogen and oxygen atoms in total. The lowest BCUT2D eigenvalue weighted by Gasteiger charge is -2.30. The van der Waals surface area contributed by atoms with Crippen LogP contribution in [-0.2, 0) is 0 Å². The van der Waals surface area contributed by atoms with E-state index in [1.54, 1.807) is 0 Å². The Bertz CT molecular complexity index is 156. The summed E-state index contributed by atoms with van der Waals surface area (Å²) in [5.41, 5.74) is 6.07. The van der Waals surface area contributed by atoms with Gasteiger partial charge in [0.05, 0.1) is 0 Å². The predicted octanol–water partition coefficient (Wildman–Crippen LogP) is 0.816. The van der Waals surface area contributed by atoms with Crippen LogP contribution in [0.25, 0.3) is 0 Å². The first-order chi connectivity index (χ1) is 5.20. The highest BCUT2D eigenvalue weighted by molar-refractivity contribution is 5.02. The van der Waals surface area contributed by atoms with Crippen molar-refractivity contribution in [2.75, 3.05) is 6.54 Å². The van der Waals surface area contributed by atoms with Crippen LogP contribution >= 0.6 is 0 Å². The van der Waals surface area contributed by atoms with Gasteiger partial charge in [0.1, 0.15) is 0 Å². The lowest BCUT2D eigenvalue weighted by atomic mass is 10.1. The van der Waals surface area contributed by atoms with E-state index < -0.39 is 0 Å². The van der Waals surface area contributed by atoms with Crippen molar-refractivity contribution in [2.45, 2.75) is 44.8 Å². The molecule has 2 bridgehead atoms. The van der Waals surface area contributed by atoms with Gasteiger partial charge in [-0.05, 0) is 32.6 Å². The smallest absolute Gasteiger partial charge is 0.0253 e. The van der Waals surface area contributed by atoms with Gasteiger partial charge in [0, 0.05) is 24.7 Å². The maximum absolute atomic E-state index is 6.07. The SMILES string of the molecule is CC(C)N1CC2CCC1[C@H]2N. The molecule has 2 heteroatoms. The van der Waals surface area contributed by atoms with Gasteiger partial charge in [-0.25, -0.2) is 0 Å². The van der Waals surface area contributed by atoms with E-state index in [1.807, 2.05) is 0 Å². The molecule has 2 unspecified atom stereocenters. The summed E-state index contributed by atoms with van der Waals surface area (Å²) in [6.45, 7) is 5.80. The molecule has 0 aromatic rings. The highest BCUT2D eigenvalue weighted by Crippen LogP contribution is 2.37. The fourth-order valence-electron chi connectivity index (χ4n) is 2.68. The first-order valence-electron chi connectivity index (χ1n) is 4.71. The molecule has 11 heavy (non-hydrogen) atoms. The molecule has 1 aliphatic carbocycles. The van der Waals surface area contributed by atoms with E-state index in [9.17, 15) is 0 Å². The van der Waals surface area contributed by atoms with Gasteiger partial charge in [-0.1, -0.05) is 0 Å². The number of hydrogen-bond donors (Lipinski definition) is 1. The lowest BCUT2D eigenvalue weighted by Crippen LogP contribution is -2.41. The Morgan fingerprint density at radius 1 is 1.36 bits per heavy atom. The molecule has 0 radical (unpaired) electrons. The van der Waals surface area contributed by atoms with Crippen LogP contribution in [0, 0.1) is 5.92 Å². The maximum Gasteiger partial charge on any atom is 0.0253 e. The third kappa shape index (κ3) is 1.00. The van der Waals surface area contributed by atoms with E-state index in [0.29, 0.717) is 18.1 Å². The Morgan fingerprint density at radius 2 is 2.09 bits per heavy atom. The highest BCUT2D eigenvalue weighted by atomic mass is 15.2. The maximum atomic E-state index is 6.07. The minimum Gasteiger partial charge on any atom is -0.326 e. The van der Waals surface area contributed by atoms with Crippen LogP contribution in [0.3, 0.4) is 0 Å². The average Bonchev–Trinajstić information content (AvgIpc) is 2.46. The Hall–Kier alpha value is -0.0800. The summed E-state index contributed by atoms with van der Waals surface area (Å²) in [5.74, 6) is 0.808. The van der Waals surface area contributed by atoms with E-state index >= 15 is 0 Å². The minimum atomic E-state index is 0.484. The normalized spacial score (nSPS) is 44.2. The largest absolute Gasteiger partial charge is 0.326 e. The minimum absolute atomic E-state index is 0.484. The van der Waals surface area contributed by atoms with E-state index in [0.717, 1.165) is 5.92 Å². The molecule has 1 aliphatic heterocycles. The Labute approximate surface area is 68.7 Å². The van der Waals surface area contributed by atoms with Crippen molar-refractivity contribution in [1.82, 2.24) is 4.90 Å². The summed E-state index contributed by atoms with van der Waals surface area (Å²) in [6.07, 6.45) is 2.71. The Balaban J connectivity index is 2.09. The zero-order valence-corrected chi connectivity index (χ0v) is 7.46. The quantitative estimate of drug-likeness (QED) is 0.606. The Kier molecular flexibility index (Phi) is 1.69. The monoisotopic (exact) mass is 154 g/mol. The fourth-order valence-corrected chi connectivity index (χ4v) is 2.68. The standard InChI is InChI=1S/C9H18N2/c1-6(2)11-5-7-3-4-8(11)9(7)10/h6-9H,3-5,10H2,1-2H3/t7?,8?,9-/m0/s1. The molecule has 0 aromatic carbocycles. The zero-order chi connectivity index (χ0) is 8.01. The first-order valence-corrected chi connectivity index (χ1v) is 4.71. The summed E-state index contributed by atoms with van der Waals surface area (Å²) in [4.78, 5) is 2.57. The molecule has 2 N–H and O–H groups in total. The van der Waals surface area contributed by atoms with Gasteiger partial charge in [-0.3, -0.25) is 4.90 Å². The second-order valence-electron chi connectivity index (χ2n) is 4.27. The molecule has 3 atom stereocenters. The molecular formula is C9H18N2. The molecule has 2 rings (SSSR count). The number of nitrogens with two attached hydrogens (primary N) is 1. The number of likely N-dealkylation sites (tertiary alicyclic amines) is 1. The van der Waals surface area contributed by atoms with Crippen molar-refractivity contribution in [3.05, 3.63) is 0 Å². The lowest BCUT2D eigenvalue weighted by molar-refractivity contribution is 0.168. The van der Waals surface area contributed by atoms with Crippen molar-refractivity contribution in [2.24, 2.45) is 11.7 Å². The number of rotatable bonds is 1.